The van der Waals surface area contributed by atoms with Crippen LogP contribution in [-0.2, 0) is 21.3 Å². The van der Waals surface area contributed by atoms with Gasteiger partial charge in [0.25, 0.3) is 0 Å². The molecular weight excluding hydrogens is 286 g/mol. The lowest BCUT2D eigenvalue weighted by Crippen LogP contribution is -2.17. The van der Waals surface area contributed by atoms with Crippen molar-refractivity contribution in [2.45, 2.75) is 44.6 Å². The van der Waals surface area contributed by atoms with Crippen molar-refractivity contribution in [3.05, 3.63) is 29.3 Å². The number of ether oxygens (including phenoxy) is 2. The fourth-order valence-corrected chi connectivity index (χ4v) is 3.88. The normalized spacial score (nSPS) is 21.2. The number of benzene rings is 1. The van der Waals surface area contributed by atoms with Crippen LogP contribution >= 0.6 is 0 Å². The lowest BCUT2D eigenvalue weighted by molar-refractivity contribution is 0.128. The van der Waals surface area contributed by atoms with E-state index in [1.165, 1.54) is 0 Å². The van der Waals surface area contributed by atoms with E-state index in [2.05, 4.69) is 0 Å². The summed E-state index contributed by atoms with van der Waals surface area (Å²) < 4.78 is 23.5. The first-order valence-electron chi connectivity index (χ1n) is 7.58. The van der Waals surface area contributed by atoms with E-state index in [4.69, 9.17) is 15.2 Å². The first kappa shape index (κ1) is 16.5. The SMILES string of the molecule is CCOc1ccc(C(C)N)cc1CS(=O)CC1CCCO1. The summed E-state index contributed by atoms with van der Waals surface area (Å²) in [6.07, 6.45) is 2.24. The first-order chi connectivity index (χ1) is 10.1. The van der Waals surface area contributed by atoms with Crippen molar-refractivity contribution < 1.29 is 13.7 Å². The molecule has 1 aromatic carbocycles. The minimum atomic E-state index is -0.942. The predicted molar refractivity (Wildman–Crippen MR) is 85.9 cm³/mol. The third-order valence-electron chi connectivity index (χ3n) is 3.62. The summed E-state index contributed by atoms with van der Waals surface area (Å²) in [5.74, 6) is 1.91. The van der Waals surface area contributed by atoms with Crippen molar-refractivity contribution in [3.63, 3.8) is 0 Å². The van der Waals surface area contributed by atoms with E-state index in [-0.39, 0.29) is 12.1 Å². The monoisotopic (exact) mass is 311 g/mol. The molecule has 0 aromatic heterocycles. The Balaban J connectivity index is 2.07. The average molecular weight is 311 g/mol. The van der Waals surface area contributed by atoms with Gasteiger partial charge < -0.3 is 15.2 Å². The van der Waals surface area contributed by atoms with E-state index < -0.39 is 10.8 Å². The molecule has 21 heavy (non-hydrogen) atoms. The van der Waals surface area contributed by atoms with Crippen molar-refractivity contribution in [1.29, 1.82) is 0 Å². The molecule has 0 bridgehead atoms. The lowest BCUT2D eigenvalue weighted by Gasteiger charge is -2.15. The largest absolute Gasteiger partial charge is 0.494 e. The summed E-state index contributed by atoms with van der Waals surface area (Å²) in [6, 6.07) is 5.89. The van der Waals surface area contributed by atoms with E-state index in [0.29, 0.717) is 18.1 Å². The van der Waals surface area contributed by atoms with E-state index in [1.807, 2.05) is 32.0 Å². The molecule has 0 saturated carbocycles. The second-order valence-corrected chi connectivity index (χ2v) is 6.98. The Morgan fingerprint density at radius 1 is 1.52 bits per heavy atom. The highest BCUT2D eigenvalue weighted by Crippen LogP contribution is 2.25. The molecule has 3 unspecified atom stereocenters. The van der Waals surface area contributed by atoms with Crippen molar-refractivity contribution >= 4 is 10.8 Å². The van der Waals surface area contributed by atoms with Crippen molar-refractivity contribution in [1.82, 2.24) is 0 Å². The lowest BCUT2D eigenvalue weighted by atomic mass is 10.1. The summed E-state index contributed by atoms with van der Waals surface area (Å²) in [4.78, 5) is 0. The molecular formula is C16H25NO3S. The van der Waals surface area contributed by atoms with E-state index in [0.717, 1.165) is 36.3 Å². The van der Waals surface area contributed by atoms with Crippen LogP contribution in [0.25, 0.3) is 0 Å². The third kappa shape index (κ3) is 4.80. The summed E-state index contributed by atoms with van der Waals surface area (Å²) in [6.45, 7) is 5.30. The number of rotatable bonds is 7. The zero-order valence-electron chi connectivity index (χ0n) is 12.8. The molecule has 1 aromatic rings. The Morgan fingerprint density at radius 2 is 2.33 bits per heavy atom. The summed E-state index contributed by atoms with van der Waals surface area (Å²) in [5, 5.41) is 0. The number of hydrogen-bond acceptors (Lipinski definition) is 4. The predicted octanol–water partition coefficient (Wildman–Crippen LogP) is 2.53. The molecule has 1 saturated heterocycles. The zero-order valence-corrected chi connectivity index (χ0v) is 13.7. The summed E-state index contributed by atoms with van der Waals surface area (Å²) >= 11 is 0. The van der Waals surface area contributed by atoms with Crippen LogP contribution in [-0.4, -0.2) is 29.3 Å². The molecule has 2 N–H and O–H groups in total. The molecule has 0 amide bonds. The highest BCUT2D eigenvalue weighted by molar-refractivity contribution is 7.84. The minimum absolute atomic E-state index is 0.0361. The zero-order chi connectivity index (χ0) is 15.2. The Bertz CT molecular complexity index is 484. The first-order valence-corrected chi connectivity index (χ1v) is 9.06. The highest BCUT2D eigenvalue weighted by Gasteiger charge is 2.19. The third-order valence-corrected chi connectivity index (χ3v) is 5.00. The van der Waals surface area contributed by atoms with Gasteiger partial charge in [-0.15, -0.1) is 0 Å². The summed E-state index contributed by atoms with van der Waals surface area (Å²) in [7, 11) is -0.942. The van der Waals surface area contributed by atoms with Crippen LogP contribution in [0.5, 0.6) is 5.75 Å². The quantitative estimate of drug-likeness (QED) is 0.840. The molecule has 0 spiro atoms. The number of nitrogens with two attached hydrogens (primary N) is 1. The van der Waals surface area contributed by atoms with Gasteiger partial charge in [-0.2, -0.15) is 0 Å². The second kappa shape index (κ2) is 7.92. The maximum atomic E-state index is 12.4. The Morgan fingerprint density at radius 3 is 2.95 bits per heavy atom. The van der Waals surface area contributed by atoms with Gasteiger partial charge in [0.15, 0.2) is 0 Å². The van der Waals surface area contributed by atoms with Crippen molar-refractivity contribution in [2.24, 2.45) is 5.73 Å². The fourth-order valence-electron chi connectivity index (χ4n) is 2.51. The van der Waals surface area contributed by atoms with Crippen LogP contribution in [0.1, 0.15) is 43.9 Å². The molecule has 1 aliphatic rings. The van der Waals surface area contributed by atoms with Crippen LogP contribution < -0.4 is 10.5 Å². The molecule has 118 valence electrons. The van der Waals surface area contributed by atoms with Gasteiger partial charge in [0, 0.05) is 29.0 Å². The van der Waals surface area contributed by atoms with Gasteiger partial charge >= 0.3 is 0 Å². The fraction of sp³-hybridized carbons (Fsp3) is 0.625. The van der Waals surface area contributed by atoms with Crippen LogP contribution in [0.3, 0.4) is 0 Å². The van der Waals surface area contributed by atoms with E-state index in [1.54, 1.807) is 0 Å². The molecule has 4 nitrogen and oxygen atoms in total. The molecule has 5 heteroatoms. The highest BCUT2D eigenvalue weighted by atomic mass is 32.2. The number of hydrogen-bond donors (Lipinski definition) is 1. The van der Waals surface area contributed by atoms with Gasteiger partial charge in [-0.05, 0) is 44.4 Å². The molecule has 0 radical (unpaired) electrons. The second-order valence-electron chi connectivity index (χ2n) is 5.47. The Hall–Kier alpha value is -0.910. The smallest absolute Gasteiger partial charge is 0.123 e. The molecule has 1 fully saturated rings. The molecule has 0 aliphatic carbocycles. The van der Waals surface area contributed by atoms with Crippen LogP contribution in [0.2, 0.25) is 0 Å². The van der Waals surface area contributed by atoms with Gasteiger partial charge in [-0.1, -0.05) is 6.07 Å². The average Bonchev–Trinajstić information content (AvgIpc) is 2.93. The topological polar surface area (TPSA) is 61.5 Å². The maximum absolute atomic E-state index is 12.4. The van der Waals surface area contributed by atoms with Crippen molar-refractivity contribution in [2.75, 3.05) is 19.0 Å². The Kier molecular flexibility index (Phi) is 6.21. The van der Waals surface area contributed by atoms with Gasteiger partial charge in [-0.25, -0.2) is 0 Å². The van der Waals surface area contributed by atoms with Gasteiger partial charge in [-0.3, -0.25) is 4.21 Å². The molecule has 1 heterocycles. The van der Waals surface area contributed by atoms with Gasteiger partial charge in [0.1, 0.15) is 5.75 Å². The van der Waals surface area contributed by atoms with E-state index >= 15 is 0 Å². The Labute approximate surface area is 129 Å². The van der Waals surface area contributed by atoms with Gasteiger partial charge in [0.2, 0.25) is 0 Å². The van der Waals surface area contributed by atoms with E-state index in [9.17, 15) is 4.21 Å². The summed E-state index contributed by atoms with van der Waals surface area (Å²) in [5.41, 5.74) is 7.95. The standard InChI is InChI=1S/C16H25NO3S/c1-3-19-16-7-6-13(12(2)17)9-14(16)10-21(18)11-15-5-4-8-20-15/h6-7,9,12,15H,3-5,8,10-11,17H2,1-2H3. The van der Waals surface area contributed by atoms with Crippen molar-refractivity contribution in [3.8, 4) is 5.75 Å². The van der Waals surface area contributed by atoms with Crippen LogP contribution in [0.15, 0.2) is 18.2 Å². The van der Waals surface area contributed by atoms with Gasteiger partial charge in [0.05, 0.1) is 24.2 Å². The molecule has 1 aliphatic heterocycles. The van der Waals surface area contributed by atoms with Crippen LogP contribution in [0, 0.1) is 0 Å². The maximum Gasteiger partial charge on any atom is 0.123 e. The van der Waals surface area contributed by atoms with Crippen LogP contribution in [0.4, 0.5) is 0 Å². The molecule has 3 atom stereocenters. The molecule has 2 rings (SSSR count). The minimum Gasteiger partial charge on any atom is -0.494 e.